The summed E-state index contributed by atoms with van der Waals surface area (Å²) in [6.07, 6.45) is 1.26. The Labute approximate surface area is 82.1 Å². The van der Waals surface area contributed by atoms with Crippen LogP contribution < -0.4 is 10.6 Å². The van der Waals surface area contributed by atoms with Crippen LogP contribution in [0.5, 0.6) is 0 Å². The van der Waals surface area contributed by atoms with Crippen molar-refractivity contribution >= 4 is 5.91 Å². The van der Waals surface area contributed by atoms with Gasteiger partial charge in [0, 0.05) is 6.54 Å². The summed E-state index contributed by atoms with van der Waals surface area (Å²) in [5, 5.41) is 9.30. The number of rotatable bonds is 5. The van der Waals surface area contributed by atoms with Gasteiger partial charge < -0.3 is 9.84 Å². The lowest BCUT2D eigenvalue weighted by Gasteiger charge is -2.11. The van der Waals surface area contributed by atoms with Gasteiger partial charge in [-0.25, -0.2) is 0 Å². The fraction of sp³-hybridized carbons (Fsp3) is 0.625. The summed E-state index contributed by atoms with van der Waals surface area (Å²) in [6.45, 7) is 4.72. The lowest BCUT2D eigenvalue weighted by molar-refractivity contribution is -0.122. The van der Waals surface area contributed by atoms with Crippen LogP contribution in [0.2, 0.25) is 0 Å². The highest BCUT2D eigenvalue weighted by molar-refractivity contribution is 5.81. The van der Waals surface area contributed by atoms with Crippen LogP contribution in [0.25, 0.3) is 0 Å². The van der Waals surface area contributed by atoms with Gasteiger partial charge in [-0.2, -0.15) is 4.98 Å². The minimum Gasteiger partial charge on any atom is -0.355 e. The number of nitrogens with one attached hydrogen (secondary N) is 2. The first kappa shape index (κ1) is 10.6. The third kappa shape index (κ3) is 3.14. The van der Waals surface area contributed by atoms with Gasteiger partial charge in [-0.3, -0.25) is 10.1 Å². The van der Waals surface area contributed by atoms with E-state index in [1.807, 2.05) is 6.92 Å². The molecule has 1 amide bonds. The van der Waals surface area contributed by atoms with Crippen molar-refractivity contribution < 1.29 is 9.32 Å². The van der Waals surface area contributed by atoms with Crippen molar-refractivity contribution in [1.29, 1.82) is 0 Å². The number of nitrogens with zero attached hydrogens (tertiary/aromatic N) is 2. The molecule has 0 aliphatic rings. The lowest BCUT2D eigenvalue weighted by atomic mass is 10.3. The zero-order chi connectivity index (χ0) is 10.4. The van der Waals surface area contributed by atoms with Crippen molar-refractivity contribution in [3.8, 4) is 0 Å². The zero-order valence-electron chi connectivity index (χ0n) is 8.28. The van der Waals surface area contributed by atoms with Crippen LogP contribution in [-0.2, 0) is 11.3 Å². The Bertz CT molecular complexity index is 273. The average molecular weight is 198 g/mol. The maximum Gasteiger partial charge on any atom is 0.236 e. The third-order valence-corrected chi connectivity index (χ3v) is 1.72. The van der Waals surface area contributed by atoms with E-state index in [0.717, 1.165) is 0 Å². The first-order valence-electron chi connectivity index (χ1n) is 4.50. The molecule has 0 aliphatic carbocycles. The quantitative estimate of drug-likeness (QED) is 0.678. The molecule has 0 bridgehead atoms. The monoisotopic (exact) mass is 198 g/mol. The minimum absolute atomic E-state index is 0.0315. The molecular weight excluding hydrogens is 184 g/mol. The van der Waals surface area contributed by atoms with Gasteiger partial charge >= 0.3 is 0 Å². The maximum absolute atomic E-state index is 11.3. The van der Waals surface area contributed by atoms with E-state index < -0.39 is 0 Å². The molecule has 14 heavy (non-hydrogen) atoms. The first-order chi connectivity index (χ1) is 6.74. The van der Waals surface area contributed by atoms with Crippen LogP contribution in [0.1, 0.15) is 19.7 Å². The van der Waals surface area contributed by atoms with E-state index in [9.17, 15) is 4.79 Å². The molecule has 1 heterocycles. The molecule has 1 unspecified atom stereocenters. The van der Waals surface area contributed by atoms with E-state index in [1.165, 1.54) is 6.39 Å². The predicted octanol–water partition coefficient (Wildman–Crippen LogP) is -0.316. The summed E-state index contributed by atoms with van der Waals surface area (Å²) in [7, 11) is 0. The fourth-order valence-corrected chi connectivity index (χ4v) is 0.935. The molecule has 0 radical (unpaired) electrons. The van der Waals surface area contributed by atoms with Gasteiger partial charge in [-0.05, 0) is 13.8 Å². The van der Waals surface area contributed by atoms with Gasteiger partial charge in [-0.1, -0.05) is 5.16 Å². The summed E-state index contributed by atoms with van der Waals surface area (Å²) >= 11 is 0. The van der Waals surface area contributed by atoms with Crippen molar-refractivity contribution in [2.45, 2.75) is 26.4 Å². The number of amides is 1. The molecule has 0 aliphatic heterocycles. The van der Waals surface area contributed by atoms with Gasteiger partial charge in [0.2, 0.25) is 12.3 Å². The molecule has 6 nitrogen and oxygen atoms in total. The molecule has 0 fully saturated rings. The molecule has 0 saturated heterocycles. The SMILES string of the molecule is CCNC(=O)C(C)NCc1ncon1. The van der Waals surface area contributed by atoms with Crippen molar-refractivity contribution in [2.75, 3.05) is 6.54 Å². The second-order valence-corrected chi connectivity index (χ2v) is 2.84. The lowest BCUT2D eigenvalue weighted by Crippen LogP contribution is -2.41. The van der Waals surface area contributed by atoms with Gasteiger partial charge in [0.25, 0.3) is 0 Å². The number of hydrogen-bond acceptors (Lipinski definition) is 5. The van der Waals surface area contributed by atoms with E-state index in [2.05, 4.69) is 25.3 Å². The molecule has 2 N–H and O–H groups in total. The number of carbonyl (C=O) groups is 1. The Morgan fingerprint density at radius 1 is 1.71 bits per heavy atom. The Hall–Kier alpha value is -1.43. The molecule has 0 aromatic carbocycles. The number of hydrogen-bond donors (Lipinski definition) is 2. The van der Waals surface area contributed by atoms with Crippen LogP contribution in [0.3, 0.4) is 0 Å². The Morgan fingerprint density at radius 3 is 3.07 bits per heavy atom. The number of aromatic nitrogens is 2. The zero-order valence-corrected chi connectivity index (χ0v) is 8.28. The van der Waals surface area contributed by atoms with Crippen molar-refractivity contribution in [3.63, 3.8) is 0 Å². The molecule has 1 aromatic rings. The second-order valence-electron chi connectivity index (χ2n) is 2.84. The second kappa shape index (κ2) is 5.33. The molecule has 0 spiro atoms. The van der Waals surface area contributed by atoms with E-state index in [4.69, 9.17) is 0 Å². The maximum atomic E-state index is 11.3. The van der Waals surface area contributed by atoms with Gasteiger partial charge in [0.1, 0.15) is 0 Å². The first-order valence-corrected chi connectivity index (χ1v) is 4.50. The molecule has 1 aromatic heterocycles. The fourth-order valence-electron chi connectivity index (χ4n) is 0.935. The van der Waals surface area contributed by atoms with Crippen LogP contribution in [0, 0.1) is 0 Å². The topological polar surface area (TPSA) is 80.0 Å². The smallest absolute Gasteiger partial charge is 0.236 e. The van der Waals surface area contributed by atoms with Crippen molar-refractivity contribution in [1.82, 2.24) is 20.8 Å². The summed E-state index contributed by atoms with van der Waals surface area (Å²) in [4.78, 5) is 15.1. The van der Waals surface area contributed by atoms with Crippen LogP contribution in [0.15, 0.2) is 10.9 Å². The summed E-state index contributed by atoms with van der Waals surface area (Å²) < 4.78 is 4.55. The molecule has 1 atom stereocenters. The summed E-state index contributed by atoms with van der Waals surface area (Å²) in [5.74, 6) is 0.511. The highest BCUT2D eigenvalue weighted by Crippen LogP contribution is 1.89. The third-order valence-electron chi connectivity index (χ3n) is 1.72. The van der Waals surface area contributed by atoms with Crippen molar-refractivity contribution in [2.24, 2.45) is 0 Å². The predicted molar refractivity (Wildman–Crippen MR) is 49.3 cm³/mol. The highest BCUT2D eigenvalue weighted by atomic mass is 16.5. The largest absolute Gasteiger partial charge is 0.355 e. The van der Waals surface area contributed by atoms with Crippen molar-refractivity contribution in [3.05, 3.63) is 12.2 Å². The summed E-state index contributed by atoms with van der Waals surface area (Å²) in [6, 6.07) is -0.256. The van der Waals surface area contributed by atoms with Gasteiger partial charge in [-0.15, -0.1) is 0 Å². The highest BCUT2D eigenvalue weighted by Gasteiger charge is 2.11. The van der Waals surface area contributed by atoms with Gasteiger partial charge in [0.15, 0.2) is 5.82 Å². The van der Waals surface area contributed by atoms with Crippen LogP contribution in [0.4, 0.5) is 0 Å². The molecular formula is C8H14N4O2. The molecule has 0 saturated carbocycles. The van der Waals surface area contributed by atoms with E-state index in [-0.39, 0.29) is 11.9 Å². The van der Waals surface area contributed by atoms with E-state index in [0.29, 0.717) is 18.9 Å². The van der Waals surface area contributed by atoms with E-state index >= 15 is 0 Å². The standard InChI is InChI=1S/C8H14N4O2/c1-3-9-8(13)6(2)10-4-7-11-5-14-12-7/h5-6,10H,3-4H2,1-2H3,(H,9,13). The van der Waals surface area contributed by atoms with Crippen LogP contribution >= 0.6 is 0 Å². The Kier molecular flexibility index (Phi) is 4.06. The van der Waals surface area contributed by atoms with Crippen LogP contribution in [-0.4, -0.2) is 28.6 Å². The molecule has 6 heteroatoms. The normalized spacial score (nSPS) is 12.4. The Balaban J connectivity index is 2.27. The number of likely N-dealkylation sites (N-methyl/N-ethyl adjacent to an activating group) is 1. The summed E-state index contributed by atoms with van der Waals surface area (Å²) in [5.41, 5.74) is 0. The molecule has 78 valence electrons. The Morgan fingerprint density at radius 2 is 2.50 bits per heavy atom. The van der Waals surface area contributed by atoms with E-state index in [1.54, 1.807) is 6.92 Å². The molecule has 1 rings (SSSR count). The van der Waals surface area contributed by atoms with Gasteiger partial charge in [0.05, 0.1) is 12.6 Å². The minimum atomic E-state index is -0.256. The average Bonchev–Trinajstić information content (AvgIpc) is 2.67. The number of carbonyl (C=O) groups excluding carboxylic acids is 1.